The monoisotopic (exact) mass is 479 g/mol. The third-order valence-electron chi connectivity index (χ3n) is 7.46. The molecule has 3 aliphatic rings. The van der Waals surface area contributed by atoms with Crippen LogP contribution in [0.15, 0.2) is 66.9 Å². The molecule has 3 fully saturated rings. The van der Waals surface area contributed by atoms with Crippen LogP contribution in [0.4, 0.5) is 8.78 Å². The van der Waals surface area contributed by atoms with Gasteiger partial charge in [-0.15, -0.1) is 0 Å². The van der Waals surface area contributed by atoms with Crippen LogP contribution in [-0.4, -0.2) is 83.3 Å². The summed E-state index contributed by atoms with van der Waals surface area (Å²) in [6.07, 6.45) is 1.63. The molecule has 2 aromatic carbocycles. The third-order valence-corrected chi connectivity index (χ3v) is 7.46. The number of nitrogens with zero attached hydrogens (tertiary/aromatic N) is 4. The van der Waals surface area contributed by atoms with Crippen molar-refractivity contribution >= 4 is 0 Å². The van der Waals surface area contributed by atoms with Gasteiger partial charge in [-0.05, 0) is 48.9 Å². The minimum atomic E-state index is -1.08. The predicted octanol–water partition coefficient (Wildman–Crippen LogP) is 3.92. The van der Waals surface area contributed by atoms with Gasteiger partial charge in [0.25, 0.3) is 0 Å². The molecule has 184 valence electrons. The number of rotatable bonds is 7. The van der Waals surface area contributed by atoms with Crippen molar-refractivity contribution < 1.29 is 13.5 Å². The lowest BCUT2D eigenvalue weighted by molar-refractivity contribution is -0.0453. The summed E-state index contributed by atoms with van der Waals surface area (Å²) in [6.45, 7) is 4.30. The van der Waals surface area contributed by atoms with E-state index in [0.717, 1.165) is 48.8 Å². The number of para-hydroxylation sites is 1. The Balaban J connectivity index is 1.03. The van der Waals surface area contributed by atoms with E-state index in [0.29, 0.717) is 32.2 Å². The first-order valence-corrected chi connectivity index (χ1v) is 12.4. The number of alkyl halides is 2. The SMILES string of the molecule is F[C@@H]1CN(C2CN(CC3(F)CNC3)C2)CC[C@@H]1n1ccc(-c2ccc(Oc3ccccc3)cc2)n1. The summed E-state index contributed by atoms with van der Waals surface area (Å²) in [5.41, 5.74) is 0.721. The molecule has 1 aromatic heterocycles. The maximum Gasteiger partial charge on any atom is 0.148 e. The standard InChI is InChI=1S/C27H31F2N5O/c28-24-16-33(21-14-32(15-21)19-27(29)17-30-18-27)12-11-26(24)34-13-10-25(31-34)20-6-8-23(9-7-20)35-22-4-2-1-3-5-22/h1-10,13,21,24,26,30H,11-12,14-19H2/t24-,26+/m1/s1. The Morgan fingerprint density at radius 2 is 1.71 bits per heavy atom. The topological polar surface area (TPSA) is 45.6 Å². The molecular formula is C27H31F2N5O. The van der Waals surface area contributed by atoms with E-state index in [-0.39, 0.29) is 6.04 Å². The average molecular weight is 480 g/mol. The maximum atomic E-state index is 15.2. The molecule has 2 atom stereocenters. The molecule has 8 heteroatoms. The Kier molecular flexibility index (Phi) is 6.04. The predicted molar refractivity (Wildman–Crippen MR) is 131 cm³/mol. The fraction of sp³-hybridized carbons (Fsp3) is 0.444. The number of hydrogen-bond acceptors (Lipinski definition) is 5. The lowest BCUT2D eigenvalue weighted by Crippen LogP contribution is -2.68. The van der Waals surface area contributed by atoms with Crippen molar-refractivity contribution in [2.45, 2.75) is 30.3 Å². The lowest BCUT2D eigenvalue weighted by atomic mass is 9.94. The zero-order chi connectivity index (χ0) is 23.8. The van der Waals surface area contributed by atoms with E-state index in [1.807, 2.05) is 66.9 Å². The summed E-state index contributed by atoms with van der Waals surface area (Å²) >= 11 is 0. The minimum absolute atomic E-state index is 0.257. The molecule has 6 nitrogen and oxygen atoms in total. The Hall–Kier alpha value is -2.81. The van der Waals surface area contributed by atoms with Crippen molar-refractivity contribution in [1.82, 2.24) is 24.9 Å². The quantitative estimate of drug-likeness (QED) is 0.557. The van der Waals surface area contributed by atoms with E-state index in [9.17, 15) is 4.39 Å². The van der Waals surface area contributed by atoms with Gasteiger partial charge in [0.1, 0.15) is 23.3 Å². The summed E-state index contributed by atoms with van der Waals surface area (Å²) in [4.78, 5) is 4.39. The largest absolute Gasteiger partial charge is 0.457 e. The number of ether oxygens (including phenoxy) is 1. The van der Waals surface area contributed by atoms with Crippen molar-refractivity contribution in [3.63, 3.8) is 0 Å². The van der Waals surface area contributed by atoms with Crippen LogP contribution in [0.5, 0.6) is 11.5 Å². The zero-order valence-corrected chi connectivity index (χ0v) is 19.7. The van der Waals surface area contributed by atoms with Gasteiger partial charge in [0, 0.05) is 63.6 Å². The van der Waals surface area contributed by atoms with Crippen molar-refractivity contribution in [3.05, 3.63) is 66.9 Å². The molecule has 0 amide bonds. The van der Waals surface area contributed by atoms with Crippen LogP contribution in [0.3, 0.4) is 0 Å². The molecule has 1 N–H and O–H groups in total. The molecule has 0 saturated carbocycles. The van der Waals surface area contributed by atoms with Crippen molar-refractivity contribution in [2.24, 2.45) is 0 Å². The number of hydrogen-bond donors (Lipinski definition) is 1. The fourth-order valence-electron chi connectivity index (χ4n) is 5.35. The summed E-state index contributed by atoms with van der Waals surface area (Å²) in [7, 11) is 0. The molecule has 0 bridgehead atoms. The summed E-state index contributed by atoms with van der Waals surface area (Å²) in [5, 5.41) is 7.71. The molecule has 4 heterocycles. The fourth-order valence-corrected chi connectivity index (χ4v) is 5.35. The molecule has 3 aliphatic heterocycles. The molecule has 0 radical (unpaired) electrons. The zero-order valence-electron chi connectivity index (χ0n) is 19.7. The Morgan fingerprint density at radius 3 is 2.40 bits per heavy atom. The van der Waals surface area contributed by atoms with Crippen LogP contribution in [0.25, 0.3) is 11.3 Å². The Bertz CT molecular complexity index is 1130. The molecule has 3 aromatic rings. The highest BCUT2D eigenvalue weighted by atomic mass is 19.1. The maximum absolute atomic E-state index is 15.2. The van der Waals surface area contributed by atoms with Crippen LogP contribution in [0.2, 0.25) is 0 Å². The van der Waals surface area contributed by atoms with Gasteiger partial charge in [0.15, 0.2) is 0 Å². The minimum Gasteiger partial charge on any atom is -0.457 e. The molecular weight excluding hydrogens is 448 g/mol. The molecule has 6 rings (SSSR count). The molecule has 3 saturated heterocycles. The van der Waals surface area contributed by atoms with E-state index in [1.54, 1.807) is 4.68 Å². The Morgan fingerprint density at radius 1 is 0.971 bits per heavy atom. The van der Waals surface area contributed by atoms with Gasteiger partial charge in [-0.25, -0.2) is 8.78 Å². The van der Waals surface area contributed by atoms with E-state index < -0.39 is 11.8 Å². The number of aromatic nitrogens is 2. The van der Waals surface area contributed by atoms with Crippen molar-refractivity contribution in [1.29, 1.82) is 0 Å². The van der Waals surface area contributed by atoms with E-state index in [1.165, 1.54) is 0 Å². The van der Waals surface area contributed by atoms with Crippen LogP contribution >= 0.6 is 0 Å². The second kappa shape index (κ2) is 9.33. The van der Waals surface area contributed by atoms with Crippen molar-refractivity contribution in [2.75, 3.05) is 45.8 Å². The van der Waals surface area contributed by atoms with Gasteiger partial charge < -0.3 is 10.1 Å². The van der Waals surface area contributed by atoms with Crippen LogP contribution in [0.1, 0.15) is 12.5 Å². The normalized spacial score (nSPS) is 25.1. The number of piperidine rings is 1. The lowest BCUT2D eigenvalue weighted by Gasteiger charge is -2.51. The Labute approximate surface area is 204 Å². The highest BCUT2D eigenvalue weighted by Gasteiger charge is 2.44. The number of benzene rings is 2. The van der Waals surface area contributed by atoms with Gasteiger partial charge in [-0.2, -0.15) is 5.10 Å². The number of nitrogens with one attached hydrogen (secondary N) is 1. The summed E-state index contributed by atoms with van der Waals surface area (Å²) in [5.74, 6) is 1.55. The first-order chi connectivity index (χ1) is 17.0. The van der Waals surface area contributed by atoms with Crippen LogP contribution < -0.4 is 10.1 Å². The number of halogens is 2. The van der Waals surface area contributed by atoms with Gasteiger partial charge in [-0.1, -0.05) is 18.2 Å². The van der Waals surface area contributed by atoms with E-state index >= 15 is 4.39 Å². The average Bonchev–Trinajstić information content (AvgIpc) is 3.31. The van der Waals surface area contributed by atoms with E-state index in [2.05, 4.69) is 15.1 Å². The summed E-state index contributed by atoms with van der Waals surface area (Å²) in [6, 6.07) is 19.5. The van der Waals surface area contributed by atoms with Crippen molar-refractivity contribution in [3.8, 4) is 22.8 Å². The molecule has 35 heavy (non-hydrogen) atoms. The highest BCUT2D eigenvalue weighted by Crippen LogP contribution is 2.31. The molecule has 0 aliphatic carbocycles. The van der Waals surface area contributed by atoms with Gasteiger partial charge in [0.05, 0.1) is 11.7 Å². The number of likely N-dealkylation sites (tertiary alicyclic amines) is 2. The van der Waals surface area contributed by atoms with E-state index in [4.69, 9.17) is 9.84 Å². The van der Waals surface area contributed by atoms with Gasteiger partial charge in [-0.3, -0.25) is 14.5 Å². The first-order valence-electron chi connectivity index (χ1n) is 12.4. The molecule has 0 unspecified atom stereocenters. The summed E-state index contributed by atoms with van der Waals surface area (Å²) < 4.78 is 37.1. The smallest absolute Gasteiger partial charge is 0.148 e. The highest BCUT2D eigenvalue weighted by molar-refractivity contribution is 5.59. The van der Waals surface area contributed by atoms with Gasteiger partial charge in [0.2, 0.25) is 0 Å². The first kappa shape index (κ1) is 22.6. The van der Waals surface area contributed by atoms with Crippen LogP contribution in [-0.2, 0) is 0 Å². The van der Waals surface area contributed by atoms with Crippen LogP contribution in [0, 0.1) is 0 Å². The molecule has 0 spiro atoms. The second-order valence-electron chi connectivity index (χ2n) is 10.1. The second-order valence-corrected chi connectivity index (χ2v) is 10.1. The third kappa shape index (κ3) is 4.83. The van der Waals surface area contributed by atoms with Gasteiger partial charge >= 0.3 is 0 Å².